The largest absolute Gasteiger partial charge is 0.377 e. The Morgan fingerprint density at radius 2 is 1.19 bits per heavy atom. The second-order valence-corrected chi connectivity index (χ2v) is 18.2. The highest BCUT2D eigenvalue weighted by Crippen LogP contribution is 2.36. The molecule has 2 aromatic carbocycles. The molecule has 0 unspecified atom stereocenters. The van der Waals surface area contributed by atoms with E-state index in [1.807, 2.05) is 18.2 Å². The Labute approximate surface area is 450 Å². The molecular formula is C52H75Cl2N7O14. The first-order valence-electron chi connectivity index (χ1n) is 25.5. The summed E-state index contributed by atoms with van der Waals surface area (Å²) < 4.78 is 55.6. The molecule has 2 saturated heterocycles. The first kappa shape index (κ1) is 61.3. The highest BCUT2D eigenvalue weighted by Gasteiger charge is 2.42. The molecule has 23 heteroatoms. The lowest BCUT2D eigenvalue weighted by Crippen LogP contribution is -2.48. The van der Waals surface area contributed by atoms with Crippen LogP contribution in [0.15, 0.2) is 67.0 Å². The molecule has 3 heterocycles. The van der Waals surface area contributed by atoms with Gasteiger partial charge in [0.15, 0.2) is 0 Å². The lowest BCUT2D eigenvalue weighted by molar-refractivity contribution is -0.128. The molecular weight excluding hydrogens is 1020 g/mol. The molecule has 2 aliphatic heterocycles. The minimum absolute atomic E-state index is 0.0649. The van der Waals surface area contributed by atoms with Crippen LogP contribution in [-0.4, -0.2) is 210 Å². The van der Waals surface area contributed by atoms with E-state index in [1.54, 1.807) is 60.7 Å². The van der Waals surface area contributed by atoms with Crippen molar-refractivity contribution < 1.29 is 66.5 Å². The van der Waals surface area contributed by atoms with Gasteiger partial charge >= 0.3 is 6.03 Å². The number of carbonyl (C=O) groups is 4. The van der Waals surface area contributed by atoms with Crippen molar-refractivity contribution in [2.75, 3.05) is 165 Å². The minimum atomic E-state index is -0.473. The van der Waals surface area contributed by atoms with Gasteiger partial charge in [0.2, 0.25) is 11.8 Å². The number of hydrogen-bond acceptors (Lipinski definition) is 16. The fraction of sp³-hybridized carbons (Fsp3) is 0.596. The maximum Gasteiger partial charge on any atom is 0.315 e. The highest BCUT2D eigenvalue weighted by atomic mass is 35.5. The third-order valence-electron chi connectivity index (χ3n) is 11.8. The van der Waals surface area contributed by atoms with Gasteiger partial charge in [0.25, 0.3) is 5.91 Å². The molecule has 1 aromatic heterocycles. The standard InChI is InChI=1S/C52H75Cl2N7O14/c1-60-48(62)34-45(49(60)43-3-2-10-55-36-43)51(64)57-12-15-67-18-20-69-22-24-71-26-28-73-30-32-74-31-29-72-27-25-70-23-21-68-19-17-66-14-11-56-50(63)42-7-4-40(5-8-42)35-58-52(65)59-37-44-39-61(13-16-75-44)38-41-6-9-46(53)47(54)33-41/h2-10,33,36,44-45,49H,11-32,34-35,37-39H2,1H3,(H,56,63)(H,57,64)(H2,58,59,65)/t44-,45-,49+/m0/s1. The smallest absolute Gasteiger partial charge is 0.315 e. The molecule has 5 rings (SSSR count). The number of benzene rings is 2. The third kappa shape index (κ3) is 25.0. The number of pyridine rings is 1. The molecule has 0 spiro atoms. The number of morpholine rings is 1. The van der Waals surface area contributed by atoms with Crippen molar-refractivity contribution in [2.45, 2.75) is 31.7 Å². The van der Waals surface area contributed by atoms with E-state index < -0.39 is 5.92 Å². The van der Waals surface area contributed by atoms with Gasteiger partial charge in [-0.1, -0.05) is 47.5 Å². The fourth-order valence-corrected chi connectivity index (χ4v) is 8.18. The van der Waals surface area contributed by atoms with E-state index in [4.69, 9.17) is 70.6 Å². The number of urea groups is 1. The second kappa shape index (κ2) is 37.2. The first-order valence-corrected chi connectivity index (χ1v) is 26.2. The van der Waals surface area contributed by atoms with Crippen molar-refractivity contribution >= 4 is 47.0 Å². The average Bonchev–Trinajstić information content (AvgIpc) is 3.73. The first-order chi connectivity index (χ1) is 36.7. The molecule has 0 bridgehead atoms. The van der Waals surface area contributed by atoms with Crippen LogP contribution in [0.5, 0.6) is 0 Å². The van der Waals surface area contributed by atoms with Gasteiger partial charge in [-0.3, -0.25) is 24.3 Å². The van der Waals surface area contributed by atoms with Crippen molar-refractivity contribution in [3.63, 3.8) is 0 Å². The Morgan fingerprint density at radius 3 is 1.72 bits per heavy atom. The van der Waals surface area contributed by atoms with E-state index in [2.05, 4.69) is 31.2 Å². The molecule has 3 atom stereocenters. The molecule has 4 N–H and O–H groups in total. The topological polar surface area (TPSA) is 228 Å². The number of amides is 5. The lowest BCUT2D eigenvalue weighted by atomic mass is 9.94. The molecule has 2 aliphatic rings. The number of halogens is 2. The van der Waals surface area contributed by atoms with Gasteiger partial charge in [0.05, 0.1) is 154 Å². The lowest BCUT2D eigenvalue weighted by Gasteiger charge is -2.33. The zero-order valence-corrected chi connectivity index (χ0v) is 44.5. The number of rotatable bonds is 39. The maximum atomic E-state index is 12.8. The Kier molecular flexibility index (Phi) is 30.4. The van der Waals surface area contributed by atoms with Gasteiger partial charge in [-0.25, -0.2) is 4.79 Å². The van der Waals surface area contributed by atoms with Crippen LogP contribution >= 0.6 is 23.2 Å². The average molecular weight is 1090 g/mol. The summed E-state index contributed by atoms with van der Waals surface area (Å²) in [5.41, 5.74) is 3.27. The van der Waals surface area contributed by atoms with Gasteiger partial charge in [0, 0.05) is 77.2 Å². The SMILES string of the molecule is CN1C(=O)C[C@H](C(=O)NCCOCCOCCOCCOCCOCCOCCOCCOCCOCCNC(=O)c2ccc(CNC(=O)NC[C@H]3CN(Cc4ccc(Cl)c(Cl)c4)CCO3)cc2)[C@H]1c1cccnc1. The van der Waals surface area contributed by atoms with Crippen LogP contribution in [0.1, 0.15) is 39.5 Å². The van der Waals surface area contributed by atoms with Crippen molar-refractivity contribution in [2.24, 2.45) is 5.92 Å². The zero-order valence-electron chi connectivity index (χ0n) is 43.0. The number of nitrogens with zero attached hydrogens (tertiary/aromatic N) is 3. The molecule has 75 heavy (non-hydrogen) atoms. The zero-order chi connectivity index (χ0) is 53.1. The number of nitrogens with one attached hydrogen (secondary N) is 4. The third-order valence-corrected chi connectivity index (χ3v) is 12.5. The molecule has 0 radical (unpaired) electrons. The van der Waals surface area contributed by atoms with E-state index in [9.17, 15) is 19.2 Å². The summed E-state index contributed by atoms with van der Waals surface area (Å²) in [7, 11) is 1.71. The molecule has 2 fully saturated rings. The van der Waals surface area contributed by atoms with E-state index in [0.29, 0.717) is 180 Å². The van der Waals surface area contributed by atoms with Gasteiger partial charge in [-0.15, -0.1) is 0 Å². The predicted octanol–water partition coefficient (Wildman–Crippen LogP) is 3.30. The van der Waals surface area contributed by atoms with Crippen LogP contribution in [-0.2, 0) is 70.0 Å². The van der Waals surface area contributed by atoms with Crippen LogP contribution in [0.4, 0.5) is 4.79 Å². The highest BCUT2D eigenvalue weighted by molar-refractivity contribution is 6.42. The summed E-state index contributed by atoms with van der Waals surface area (Å²) in [6.45, 7) is 11.7. The number of ether oxygens (including phenoxy) is 10. The molecule has 0 saturated carbocycles. The maximum absolute atomic E-state index is 12.8. The van der Waals surface area contributed by atoms with Crippen molar-refractivity contribution in [3.05, 3.63) is 99.3 Å². The normalized spacial score (nSPS) is 16.8. The van der Waals surface area contributed by atoms with Crippen LogP contribution in [0.2, 0.25) is 10.0 Å². The molecule has 5 amide bonds. The Hall–Kier alpha value is -4.59. The van der Waals surface area contributed by atoms with Crippen molar-refractivity contribution in [3.8, 4) is 0 Å². The molecule has 0 aliphatic carbocycles. The molecule has 21 nitrogen and oxygen atoms in total. The summed E-state index contributed by atoms with van der Waals surface area (Å²) in [6.07, 6.45) is 3.39. The summed E-state index contributed by atoms with van der Waals surface area (Å²) >= 11 is 12.2. The predicted molar refractivity (Wildman–Crippen MR) is 279 cm³/mol. The van der Waals surface area contributed by atoms with Gasteiger partial charge in [0.1, 0.15) is 0 Å². The van der Waals surface area contributed by atoms with E-state index in [0.717, 1.165) is 23.2 Å². The van der Waals surface area contributed by atoms with Crippen molar-refractivity contribution in [1.82, 2.24) is 36.1 Å². The Bertz CT molecular complexity index is 2090. The van der Waals surface area contributed by atoms with Gasteiger partial charge in [-0.2, -0.15) is 0 Å². The quantitative estimate of drug-likeness (QED) is 0.0601. The van der Waals surface area contributed by atoms with Gasteiger partial charge < -0.3 is 73.5 Å². The van der Waals surface area contributed by atoms with E-state index in [1.165, 1.54) is 0 Å². The summed E-state index contributed by atoms with van der Waals surface area (Å²) in [5.74, 6) is -0.926. The minimum Gasteiger partial charge on any atom is -0.377 e. The van der Waals surface area contributed by atoms with E-state index in [-0.39, 0.29) is 42.3 Å². The molecule has 416 valence electrons. The van der Waals surface area contributed by atoms with E-state index >= 15 is 0 Å². The Morgan fingerprint density at radius 1 is 0.653 bits per heavy atom. The summed E-state index contributed by atoms with van der Waals surface area (Å²) in [4.78, 5) is 58.2. The second-order valence-electron chi connectivity index (χ2n) is 17.3. The number of carbonyl (C=O) groups excluding carboxylic acids is 4. The summed E-state index contributed by atoms with van der Waals surface area (Å²) in [5, 5.41) is 12.5. The van der Waals surface area contributed by atoms with Crippen LogP contribution in [0.25, 0.3) is 0 Å². The van der Waals surface area contributed by atoms with Crippen LogP contribution < -0.4 is 21.3 Å². The van der Waals surface area contributed by atoms with Crippen LogP contribution in [0, 0.1) is 5.92 Å². The monoisotopic (exact) mass is 1090 g/mol. The number of hydrogen-bond donors (Lipinski definition) is 4. The Balaban J connectivity index is 0.702. The summed E-state index contributed by atoms with van der Waals surface area (Å²) in [6, 6.07) is 15.7. The van der Waals surface area contributed by atoms with Gasteiger partial charge in [-0.05, 0) is 47.0 Å². The van der Waals surface area contributed by atoms with Crippen molar-refractivity contribution in [1.29, 1.82) is 0 Å². The number of likely N-dealkylation sites (tertiary alicyclic amines) is 1. The van der Waals surface area contributed by atoms with Crippen LogP contribution in [0.3, 0.4) is 0 Å². The fourth-order valence-electron chi connectivity index (χ4n) is 7.86. The number of aromatic nitrogens is 1. The molecule has 3 aromatic rings.